The first-order valence-corrected chi connectivity index (χ1v) is 20.9. The maximum absolute atomic E-state index is 6.75. The summed E-state index contributed by atoms with van der Waals surface area (Å²) in [4.78, 5) is 0. The minimum Gasteiger partial charge on any atom is -0.399 e. The molecule has 11 rings (SSSR count). The van der Waals surface area contributed by atoms with E-state index in [0.717, 1.165) is 11.8 Å². The van der Waals surface area contributed by atoms with Gasteiger partial charge in [0.2, 0.25) is 0 Å². The van der Waals surface area contributed by atoms with Crippen LogP contribution in [-0.2, 0) is 14.7 Å². The van der Waals surface area contributed by atoms with Crippen LogP contribution in [0.1, 0.15) is 70.9 Å². The second-order valence-electron chi connectivity index (χ2n) is 17.2. The van der Waals surface area contributed by atoms with Crippen molar-refractivity contribution < 1.29 is 9.31 Å². The van der Waals surface area contributed by atoms with Gasteiger partial charge < -0.3 is 9.31 Å². The van der Waals surface area contributed by atoms with Crippen molar-refractivity contribution in [2.24, 2.45) is 23.7 Å². The topological polar surface area (TPSA) is 18.5 Å². The fourth-order valence-electron chi connectivity index (χ4n) is 11.5. The molecule has 46 heavy (non-hydrogen) atoms. The van der Waals surface area contributed by atoms with Gasteiger partial charge in [-0.2, -0.15) is 0 Å². The van der Waals surface area contributed by atoms with E-state index >= 15 is 0 Å². The average Bonchev–Trinajstić information content (AvgIpc) is 3.54. The summed E-state index contributed by atoms with van der Waals surface area (Å²) in [5.74, 6) is 3.27. The lowest BCUT2D eigenvalue weighted by molar-refractivity contribution is -0.0399. The van der Waals surface area contributed by atoms with E-state index in [9.17, 15) is 0 Å². The Morgan fingerprint density at radius 2 is 1.22 bits per heavy atom. The summed E-state index contributed by atoms with van der Waals surface area (Å²) in [5.41, 5.74) is 12.2. The van der Waals surface area contributed by atoms with E-state index in [-0.39, 0.29) is 23.7 Å². The summed E-state index contributed by atoms with van der Waals surface area (Å²) in [6, 6.07) is 31.1. The van der Waals surface area contributed by atoms with Crippen LogP contribution >= 0.6 is 0 Å². The van der Waals surface area contributed by atoms with Gasteiger partial charge in [-0.1, -0.05) is 85.9 Å². The Morgan fingerprint density at radius 1 is 0.609 bits per heavy atom. The lowest BCUT2D eigenvalue weighted by Gasteiger charge is -2.61. The highest BCUT2D eigenvalue weighted by atomic mass is 28.3. The van der Waals surface area contributed by atoms with E-state index in [4.69, 9.17) is 9.31 Å². The summed E-state index contributed by atoms with van der Waals surface area (Å²) < 4.78 is 13.5. The van der Waals surface area contributed by atoms with E-state index in [1.54, 1.807) is 21.5 Å². The normalized spacial score (nSPS) is 31.2. The molecule has 0 aromatic heterocycles. The molecule has 1 saturated heterocycles. The first-order valence-electron chi connectivity index (χ1n) is 17.9. The summed E-state index contributed by atoms with van der Waals surface area (Å²) in [7, 11) is -2.11. The molecule has 5 aliphatic carbocycles. The predicted octanol–water partition coefficient (Wildman–Crippen LogP) is 8.18. The number of fused-ring (bicyclic) bond motifs is 6. The Hall–Kier alpha value is -2.92. The van der Waals surface area contributed by atoms with Gasteiger partial charge in [0.25, 0.3) is 0 Å². The molecule has 4 aromatic carbocycles. The lowest BCUT2D eigenvalue weighted by atomic mass is 9.43. The van der Waals surface area contributed by atoms with Crippen LogP contribution in [0.5, 0.6) is 0 Å². The van der Waals surface area contributed by atoms with Crippen LogP contribution in [0.4, 0.5) is 0 Å². The van der Waals surface area contributed by atoms with Gasteiger partial charge >= 0.3 is 7.12 Å². The van der Waals surface area contributed by atoms with Crippen LogP contribution in [0.15, 0.2) is 78.9 Å². The standard InChI is InChI=1S/C42H45BO2Si/c1-40(2)41(3,4)45-43(44-40)36-12-9-11-34-39(36)33-17-15-27(23-35(33)42(34)29-19-25-18-26(21-29)22-30(42)20-25)28-14-16-32-31-10-7-8-13-37(31)46(5,6)38(32)24-28/h7-17,23-26,29-30H,18-22H2,1-6H3. The molecule has 2 nitrogen and oxygen atoms in total. The van der Waals surface area contributed by atoms with Crippen LogP contribution in [0, 0.1) is 23.7 Å². The predicted molar refractivity (Wildman–Crippen MR) is 193 cm³/mol. The molecule has 232 valence electrons. The number of hydrogen-bond donors (Lipinski definition) is 0. The second-order valence-corrected chi connectivity index (χ2v) is 21.6. The van der Waals surface area contributed by atoms with Gasteiger partial charge in [0.15, 0.2) is 0 Å². The molecule has 0 unspecified atom stereocenters. The van der Waals surface area contributed by atoms with E-state index in [0.29, 0.717) is 11.8 Å². The van der Waals surface area contributed by atoms with Crippen molar-refractivity contribution in [3.05, 3.63) is 90.0 Å². The Labute approximate surface area is 276 Å². The maximum atomic E-state index is 6.75. The summed E-state index contributed by atoms with van der Waals surface area (Å²) >= 11 is 0. The van der Waals surface area contributed by atoms with Crippen LogP contribution in [-0.4, -0.2) is 26.4 Å². The molecule has 2 heterocycles. The van der Waals surface area contributed by atoms with Crippen molar-refractivity contribution in [1.29, 1.82) is 0 Å². The molecule has 0 atom stereocenters. The van der Waals surface area contributed by atoms with Gasteiger partial charge in [-0.25, -0.2) is 0 Å². The third-order valence-corrected chi connectivity index (χ3v) is 17.7. The van der Waals surface area contributed by atoms with E-state index < -0.39 is 8.07 Å². The van der Waals surface area contributed by atoms with Crippen molar-refractivity contribution >= 4 is 31.0 Å². The van der Waals surface area contributed by atoms with Gasteiger partial charge in [-0.3, -0.25) is 0 Å². The molecule has 0 radical (unpaired) electrons. The van der Waals surface area contributed by atoms with Crippen LogP contribution in [0.2, 0.25) is 13.1 Å². The van der Waals surface area contributed by atoms with E-state index in [2.05, 4.69) is 120 Å². The Kier molecular flexibility index (Phi) is 5.47. The molecule has 4 bridgehead atoms. The summed E-state index contributed by atoms with van der Waals surface area (Å²) in [6.45, 7) is 13.8. The average molecular weight is 621 g/mol. The van der Waals surface area contributed by atoms with Crippen LogP contribution in [0.25, 0.3) is 33.4 Å². The van der Waals surface area contributed by atoms with Crippen LogP contribution in [0.3, 0.4) is 0 Å². The molecule has 1 spiro atoms. The third kappa shape index (κ3) is 3.41. The fraction of sp³-hybridized carbons (Fsp3) is 0.429. The molecule has 4 saturated carbocycles. The van der Waals surface area contributed by atoms with Crippen molar-refractivity contribution in [2.45, 2.75) is 89.5 Å². The SMILES string of the molecule is CC1(C)OB(c2cccc3c2-c2ccc(-c4ccc5c(c4)[Si](C)(C)c4ccccc4-5)cc2C32C3CC4CC(C3)CC2C4)OC1(C)C. The highest BCUT2D eigenvalue weighted by Crippen LogP contribution is 2.69. The monoisotopic (exact) mass is 620 g/mol. The van der Waals surface area contributed by atoms with E-state index in [1.807, 2.05) is 0 Å². The number of rotatable bonds is 2. The van der Waals surface area contributed by atoms with Crippen molar-refractivity contribution in [3.8, 4) is 33.4 Å². The second kappa shape index (κ2) is 8.95. The molecule has 2 aliphatic heterocycles. The zero-order valence-electron chi connectivity index (χ0n) is 28.2. The largest absolute Gasteiger partial charge is 0.495 e. The molecule has 5 fully saturated rings. The lowest BCUT2D eigenvalue weighted by Crippen LogP contribution is -2.55. The Balaban J connectivity index is 1.16. The molecule has 7 aliphatic rings. The molecule has 4 heteroatoms. The molecule has 0 amide bonds. The highest BCUT2D eigenvalue weighted by molar-refractivity contribution is 7.03. The summed E-state index contributed by atoms with van der Waals surface area (Å²) in [6.07, 6.45) is 7.00. The maximum Gasteiger partial charge on any atom is 0.495 e. The van der Waals surface area contributed by atoms with Crippen LogP contribution < -0.4 is 15.8 Å². The summed E-state index contributed by atoms with van der Waals surface area (Å²) in [5, 5.41) is 3.16. The van der Waals surface area contributed by atoms with Crippen molar-refractivity contribution in [1.82, 2.24) is 0 Å². The van der Waals surface area contributed by atoms with Gasteiger partial charge in [-0.05, 0) is 150 Å². The Morgan fingerprint density at radius 3 is 1.91 bits per heavy atom. The smallest absolute Gasteiger partial charge is 0.399 e. The van der Waals surface area contributed by atoms with Gasteiger partial charge in [-0.15, -0.1) is 0 Å². The minimum atomic E-state index is -1.75. The van der Waals surface area contributed by atoms with Crippen molar-refractivity contribution in [2.75, 3.05) is 0 Å². The third-order valence-electron chi connectivity index (χ3n) is 14.1. The highest BCUT2D eigenvalue weighted by Gasteiger charge is 2.62. The first-order chi connectivity index (χ1) is 22.0. The molecule has 0 N–H and O–H groups in total. The van der Waals surface area contributed by atoms with Gasteiger partial charge in [0, 0.05) is 5.41 Å². The molecular weight excluding hydrogens is 575 g/mol. The fourth-order valence-corrected chi connectivity index (χ4v) is 14.6. The zero-order valence-corrected chi connectivity index (χ0v) is 29.2. The Bertz CT molecular complexity index is 1930. The van der Waals surface area contributed by atoms with Crippen molar-refractivity contribution in [3.63, 3.8) is 0 Å². The molecule has 4 aromatic rings. The quantitative estimate of drug-likeness (QED) is 0.211. The molecular formula is C42H45BO2Si. The van der Waals surface area contributed by atoms with Gasteiger partial charge in [0.1, 0.15) is 8.07 Å². The number of benzene rings is 4. The zero-order chi connectivity index (χ0) is 31.4. The van der Waals surface area contributed by atoms with E-state index in [1.165, 1.54) is 70.9 Å². The minimum absolute atomic E-state index is 0.0920. The van der Waals surface area contributed by atoms with Gasteiger partial charge in [0.05, 0.1) is 11.2 Å². The first kappa shape index (κ1) is 28.1. The number of hydrogen-bond acceptors (Lipinski definition) is 2.